The molecular weight excluding hydrogens is 242 g/mol. The Hall–Kier alpha value is -0.650. The number of nitrogens with zero attached hydrogens (tertiary/aromatic N) is 1. The van der Waals surface area contributed by atoms with Gasteiger partial charge in [-0.05, 0) is 25.2 Å². The van der Waals surface area contributed by atoms with Crippen molar-refractivity contribution in [2.45, 2.75) is 44.7 Å². The van der Waals surface area contributed by atoms with Gasteiger partial charge in [-0.1, -0.05) is 13.8 Å². The van der Waals surface area contributed by atoms with E-state index in [4.69, 9.17) is 10.5 Å². The maximum atomic E-state index is 11.9. The second kappa shape index (κ2) is 6.20. The zero-order valence-corrected chi connectivity index (χ0v) is 12.2. The van der Waals surface area contributed by atoms with E-state index in [0.717, 1.165) is 45.6 Å². The molecule has 2 rings (SSSR count). The van der Waals surface area contributed by atoms with Crippen LogP contribution in [0.3, 0.4) is 0 Å². The van der Waals surface area contributed by atoms with Gasteiger partial charge < -0.3 is 15.8 Å². The van der Waals surface area contributed by atoms with E-state index in [9.17, 15) is 4.79 Å². The van der Waals surface area contributed by atoms with Crippen LogP contribution in [0.5, 0.6) is 0 Å². The zero-order valence-electron chi connectivity index (χ0n) is 12.2. The summed E-state index contributed by atoms with van der Waals surface area (Å²) in [7, 11) is 0. The molecule has 1 aliphatic carbocycles. The lowest BCUT2D eigenvalue weighted by Gasteiger charge is -2.35. The number of carbonyl (C=O) groups excluding carboxylic acids is 1. The standard InChI is InChI=1S/C14H27N3O2/c1-11(2)9-12(17-5-7-19-8-6-17)10-16-13(18)14(15)3-4-14/h11-12H,3-10,15H2,1-2H3,(H,16,18). The van der Waals surface area contributed by atoms with Gasteiger partial charge in [0, 0.05) is 25.7 Å². The van der Waals surface area contributed by atoms with Crippen molar-refractivity contribution in [3.63, 3.8) is 0 Å². The smallest absolute Gasteiger partial charge is 0.240 e. The van der Waals surface area contributed by atoms with Crippen LogP contribution in [0.4, 0.5) is 0 Å². The highest BCUT2D eigenvalue weighted by Crippen LogP contribution is 2.32. The lowest BCUT2D eigenvalue weighted by Crippen LogP contribution is -2.52. The minimum Gasteiger partial charge on any atom is -0.379 e. The molecular formula is C14H27N3O2. The van der Waals surface area contributed by atoms with E-state index in [2.05, 4.69) is 24.1 Å². The van der Waals surface area contributed by atoms with Gasteiger partial charge in [0.05, 0.1) is 18.8 Å². The van der Waals surface area contributed by atoms with E-state index in [1.165, 1.54) is 0 Å². The summed E-state index contributed by atoms with van der Waals surface area (Å²) in [5, 5.41) is 3.04. The fourth-order valence-electron chi connectivity index (χ4n) is 2.60. The third-order valence-electron chi connectivity index (χ3n) is 4.04. The van der Waals surface area contributed by atoms with Crippen LogP contribution in [0.1, 0.15) is 33.1 Å². The molecule has 110 valence electrons. The van der Waals surface area contributed by atoms with Crippen LogP contribution >= 0.6 is 0 Å². The quantitative estimate of drug-likeness (QED) is 0.730. The Labute approximate surface area is 115 Å². The van der Waals surface area contributed by atoms with Crippen molar-refractivity contribution in [1.82, 2.24) is 10.2 Å². The van der Waals surface area contributed by atoms with Gasteiger partial charge in [0.25, 0.3) is 0 Å². The molecule has 5 heteroatoms. The van der Waals surface area contributed by atoms with Crippen molar-refractivity contribution in [2.75, 3.05) is 32.8 Å². The molecule has 0 aromatic carbocycles. The van der Waals surface area contributed by atoms with Crippen LogP contribution in [0.25, 0.3) is 0 Å². The van der Waals surface area contributed by atoms with Crippen molar-refractivity contribution in [1.29, 1.82) is 0 Å². The number of nitrogens with two attached hydrogens (primary N) is 1. The van der Waals surface area contributed by atoms with Crippen molar-refractivity contribution < 1.29 is 9.53 Å². The maximum Gasteiger partial charge on any atom is 0.240 e. The molecule has 1 amide bonds. The minimum absolute atomic E-state index is 0.0227. The topological polar surface area (TPSA) is 67.6 Å². The van der Waals surface area contributed by atoms with Gasteiger partial charge in [0.15, 0.2) is 0 Å². The average molecular weight is 269 g/mol. The Balaban J connectivity index is 1.84. The Kier molecular flexibility index (Phi) is 4.81. The van der Waals surface area contributed by atoms with E-state index < -0.39 is 5.54 Å². The van der Waals surface area contributed by atoms with Crippen molar-refractivity contribution in [3.05, 3.63) is 0 Å². The van der Waals surface area contributed by atoms with E-state index in [1.807, 2.05) is 0 Å². The fraction of sp³-hybridized carbons (Fsp3) is 0.929. The highest BCUT2D eigenvalue weighted by molar-refractivity contribution is 5.88. The molecule has 0 bridgehead atoms. The number of rotatable bonds is 6. The van der Waals surface area contributed by atoms with Crippen molar-refractivity contribution in [3.8, 4) is 0 Å². The average Bonchev–Trinajstić information content (AvgIpc) is 3.14. The molecule has 1 aliphatic heterocycles. The first-order valence-electron chi connectivity index (χ1n) is 7.40. The molecule has 1 atom stereocenters. The van der Waals surface area contributed by atoms with Gasteiger partial charge in [0.1, 0.15) is 0 Å². The summed E-state index contributed by atoms with van der Waals surface area (Å²) in [6.07, 6.45) is 2.74. The van der Waals surface area contributed by atoms with Gasteiger partial charge in [-0.25, -0.2) is 0 Å². The highest BCUT2D eigenvalue weighted by atomic mass is 16.5. The molecule has 3 N–H and O–H groups in total. The third kappa shape index (κ3) is 4.16. The summed E-state index contributed by atoms with van der Waals surface area (Å²) < 4.78 is 5.40. The molecule has 2 fully saturated rings. The second-order valence-electron chi connectivity index (χ2n) is 6.30. The number of hydrogen-bond donors (Lipinski definition) is 2. The SMILES string of the molecule is CC(C)CC(CNC(=O)C1(N)CC1)N1CCOCC1. The molecule has 1 saturated heterocycles. The summed E-state index contributed by atoms with van der Waals surface area (Å²) in [5.41, 5.74) is 5.35. The lowest BCUT2D eigenvalue weighted by molar-refractivity contribution is -0.123. The van der Waals surface area contributed by atoms with Crippen LogP contribution in [0.2, 0.25) is 0 Å². The third-order valence-corrected chi connectivity index (χ3v) is 4.04. The molecule has 1 heterocycles. The molecule has 0 spiro atoms. The van der Waals surface area contributed by atoms with Crippen LogP contribution in [-0.4, -0.2) is 55.2 Å². The summed E-state index contributed by atoms with van der Waals surface area (Å²) in [6.45, 7) is 8.66. The van der Waals surface area contributed by atoms with Crippen LogP contribution in [-0.2, 0) is 9.53 Å². The number of ether oxygens (including phenoxy) is 1. The molecule has 0 aromatic heterocycles. The van der Waals surface area contributed by atoms with E-state index in [1.54, 1.807) is 0 Å². The summed E-state index contributed by atoms with van der Waals surface area (Å²) >= 11 is 0. The molecule has 0 aromatic rings. The van der Waals surface area contributed by atoms with Crippen LogP contribution in [0, 0.1) is 5.92 Å². The Morgan fingerprint density at radius 1 is 1.37 bits per heavy atom. The minimum atomic E-state index is -0.562. The summed E-state index contributed by atoms with van der Waals surface area (Å²) in [5.74, 6) is 0.645. The number of nitrogens with one attached hydrogen (secondary N) is 1. The Morgan fingerprint density at radius 3 is 2.53 bits per heavy atom. The number of amides is 1. The fourth-order valence-corrected chi connectivity index (χ4v) is 2.60. The van der Waals surface area contributed by atoms with Gasteiger partial charge in [-0.15, -0.1) is 0 Å². The first kappa shape index (κ1) is 14.8. The second-order valence-corrected chi connectivity index (χ2v) is 6.30. The molecule has 2 aliphatic rings. The summed E-state index contributed by atoms with van der Waals surface area (Å²) in [4.78, 5) is 14.4. The van der Waals surface area contributed by atoms with Crippen LogP contribution < -0.4 is 11.1 Å². The van der Waals surface area contributed by atoms with E-state index in [0.29, 0.717) is 18.5 Å². The zero-order chi connectivity index (χ0) is 13.9. The number of hydrogen-bond acceptors (Lipinski definition) is 4. The normalized spacial score (nSPS) is 24.2. The number of morpholine rings is 1. The molecule has 19 heavy (non-hydrogen) atoms. The van der Waals surface area contributed by atoms with Crippen molar-refractivity contribution in [2.24, 2.45) is 11.7 Å². The molecule has 5 nitrogen and oxygen atoms in total. The Bertz CT molecular complexity index is 310. The van der Waals surface area contributed by atoms with E-state index >= 15 is 0 Å². The lowest BCUT2D eigenvalue weighted by atomic mass is 10.0. The highest BCUT2D eigenvalue weighted by Gasteiger charge is 2.45. The van der Waals surface area contributed by atoms with Crippen molar-refractivity contribution >= 4 is 5.91 Å². The first-order valence-corrected chi connectivity index (χ1v) is 7.40. The van der Waals surface area contributed by atoms with Gasteiger partial charge in [0.2, 0.25) is 5.91 Å². The van der Waals surface area contributed by atoms with Crippen LogP contribution in [0.15, 0.2) is 0 Å². The first-order chi connectivity index (χ1) is 9.01. The van der Waals surface area contributed by atoms with Gasteiger partial charge >= 0.3 is 0 Å². The molecule has 1 unspecified atom stereocenters. The summed E-state index contributed by atoms with van der Waals surface area (Å²) in [6, 6.07) is 0.398. The Morgan fingerprint density at radius 2 is 2.00 bits per heavy atom. The predicted molar refractivity (Wildman–Crippen MR) is 74.8 cm³/mol. The number of carbonyl (C=O) groups is 1. The molecule has 0 radical (unpaired) electrons. The molecule has 1 saturated carbocycles. The van der Waals surface area contributed by atoms with Gasteiger partial charge in [-0.2, -0.15) is 0 Å². The predicted octanol–water partition coefficient (Wildman–Crippen LogP) is 0.341. The largest absolute Gasteiger partial charge is 0.379 e. The van der Waals surface area contributed by atoms with E-state index in [-0.39, 0.29) is 5.91 Å². The monoisotopic (exact) mass is 269 g/mol. The van der Waals surface area contributed by atoms with Gasteiger partial charge in [-0.3, -0.25) is 9.69 Å². The maximum absolute atomic E-state index is 11.9.